The molecule has 0 aliphatic heterocycles. The van der Waals surface area contributed by atoms with Crippen molar-refractivity contribution in [1.82, 2.24) is 4.98 Å². The highest BCUT2D eigenvalue weighted by Crippen LogP contribution is 2.27. The summed E-state index contributed by atoms with van der Waals surface area (Å²) in [5.74, 6) is 3.56. The largest absolute Gasteiger partial charge is 0.443 e. The predicted octanol–water partition coefficient (Wildman–Crippen LogP) is 6.90. The second-order valence-electron chi connectivity index (χ2n) is 12.0. The standard InChI is InChI=1S/C25H40N2O4Si2/c1-24(2,3)30-22(28)27(23(29)31-25(4,5)6)21-19(14-13-16-26-21)18-20(33(10,11)12)15-17-32(7,8)9/h13-14,16,18H,1-12H3/b20-18+. The highest BCUT2D eigenvalue weighted by atomic mass is 28.3. The summed E-state index contributed by atoms with van der Waals surface area (Å²) in [6.45, 7) is 23.7. The average Bonchev–Trinajstić information content (AvgIpc) is 2.54. The summed E-state index contributed by atoms with van der Waals surface area (Å²) in [5, 5.41) is 1.02. The van der Waals surface area contributed by atoms with Crippen LogP contribution in [0.15, 0.2) is 23.5 Å². The molecular weight excluding hydrogens is 448 g/mol. The van der Waals surface area contributed by atoms with Gasteiger partial charge in [0.1, 0.15) is 19.3 Å². The molecule has 6 nitrogen and oxygen atoms in total. The molecule has 0 aliphatic rings. The number of aromatic nitrogens is 1. The van der Waals surface area contributed by atoms with Crippen LogP contribution in [0.5, 0.6) is 0 Å². The van der Waals surface area contributed by atoms with E-state index in [1.54, 1.807) is 47.6 Å². The minimum absolute atomic E-state index is 0.159. The van der Waals surface area contributed by atoms with Crippen molar-refractivity contribution in [2.24, 2.45) is 0 Å². The minimum Gasteiger partial charge on any atom is -0.443 e. The molecule has 1 rings (SSSR count). The van der Waals surface area contributed by atoms with Crippen molar-refractivity contribution in [3.8, 4) is 11.5 Å². The Hall–Kier alpha value is -2.38. The van der Waals surface area contributed by atoms with Gasteiger partial charge >= 0.3 is 12.2 Å². The number of nitrogens with zero attached hydrogens (tertiary/aromatic N) is 2. The zero-order valence-electron chi connectivity index (χ0n) is 22.3. The van der Waals surface area contributed by atoms with Crippen LogP contribution in [-0.4, -0.2) is 44.5 Å². The van der Waals surface area contributed by atoms with E-state index in [0.717, 1.165) is 10.1 Å². The third-order valence-corrected chi connectivity index (χ3v) is 6.62. The van der Waals surface area contributed by atoms with E-state index >= 15 is 0 Å². The number of ether oxygens (including phenoxy) is 2. The fraction of sp³-hybridized carbons (Fsp3) is 0.560. The molecule has 0 bridgehead atoms. The Morgan fingerprint density at radius 3 is 1.82 bits per heavy atom. The van der Waals surface area contributed by atoms with Crippen LogP contribution in [0.4, 0.5) is 15.4 Å². The SMILES string of the molecule is CC(C)(C)OC(=O)N(C(=O)OC(C)(C)C)c1ncccc1/C=C(\C#C[Si](C)(C)C)[Si](C)(C)C. The smallest absolute Gasteiger partial charge is 0.425 e. The van der Waals surface area contributed by atoms with Crippen molar-refractivity contribution >= 4 is 40.2 Å². The van der Waals surface area contributed by atoms with Gasteiger partial charge in [0.15, 0.2) is 5.82 Å². The van der Waals surface area contributed by atoms with Gasteiger partial charge in [0, 0.05) is 11.8 Å². The molecule has 8 heteroatoms. The van der Waals surface area contributed by atoms with Gasteiger partial charge in [-0.05, 0) is 64.9 Å². The summed E-state index contributed by atoms with van der Waals surface area (Å²) in [7, 11) is -3.42. The van der Waals surface area contributed by atoms with Crippen molar-refractivity contribution in [2.45, 2.75) is 92.0 Å². The first-order valence-electron chi connectivity index (χ1n) is 11.2. The van der Waals surface area contributed by atoms with Gasteiger partial charge < -0.3 is 9.47 Å². The maximum absolute atomic E-state index is 13.1. The Morgan fingerprint density at radius 1 is 0.939 bits per heavy atom. The Bertz CT molecular complexity index is 936. The number of hydrogen-bond acceptors (Lipinski definition) is 5. The first-order valence-corrected chi connectivity index (χ1v) is 18.2. The Morgan fingerprint density at radius 2 is 1.42 bits per heavy atom. The maximum atomic E-state index is 13.1. The second kappa shape index (κ2) is 10.3. The minimum atomic E-state index is -1.83. The summed E-state index contributed by atoms with van der Waals surface area (Å²) in [6.07, 6.45) is 1.81. The van der Waals surface area contributed by atoms with Gasteiger partial charge in [-0.3, -0.25) is 0 Å². The number of anilines is 1. The number of allylic oxidation sites excluding steroid dienone is 1. The van der Waals surface area contributed by atoms with Crippen LogP contribution in [0, 0.1) is 11.5 Å². The highest BCUT2D eigenvalue weighted by Gasteiger charge is 2.35. The van der Waals surface area contributed by atoms with Crippen LogP contribution < -0.4 is 4.90 Å². The number of imide groups is 1. The molecule has 1 aromatic rings. The quantitative estimate of drug-likeness (QED) is 0.342. The molecule has 0 atom stereocenters. The molecule has 0 N–H and O–H groups in total. The first-order chi connectivity index (χ1) is 14.7. The molecule has 33 heavy (non-hydrogen) atoms. The van der Waals surface area contributed by atoms with Crippen LogP contribution in [-0.2, 0) is 9.47 Å². The lowest BCUT2D eigenvalue weighted by atomic mass is 10.2. The molecule has 0 saturated carbocycles. The lowest BCUT2D eigenvalue weighted by Crippen LogP contribution is -2.44. The zero-order valence-corrected chi connectivity index (χ0v) is 24.3. The Balaban J connectivity index is 3.71. The molecule has 182 valence electrons. The van der Waals surface area contributed by atoms with Crippen molar-refractivity contribution in [2.75, 3.05) is 4.90 Å². The molecule has 2 amide bonds. The molecule has 0 spiro atoms. The summed E-state index contributed by atoms with van der Waals surface area (Å²) < 4.78 is 11.0. The maximum Gasteiger partial charge on any atom is 0.425 e. The number of hydrogen-bond donors (Lipinski definition) is 0. The normalized spacial score (nSPS) is 13.0. The molecule has 0 aliphatic carbocycles. The molecule has 0 unspecified atom stereocenters. The number of amides is 2. The van der Waals surface area contributed by atoms with Crippen molar-refractivity contribution in [3.63, 3.8) is 0 Å². The lowest BCUT2D eigenvalue weighted by Gasteiger charge is -2.28. The Kier molecular flexibility index (Phi) is 8.91. The summed E-state index contributed by atoms with van der Waals surface area (Å²) in [5.41, 5.74) is 2.46. The van der Waals surface area contributed by atoms with Crippen molar-refractivity contribution in [3.05, 3.63) is 29.1 Å². The number of pyridine rings is 1. The summed E-state index contributed by atoms with van der Waals surface area (Å²) >= 11 is 0. The van der Waals surface area contributed by atoms with E-state index in [4.69, 9.17) is 9.47 Å². The van der Waals surface area contributed by atoms with Gasteiger partial charge in [-0.15, -0.1) is 5.54 Å². The lowest BCUT2D eigenvalue weighted by molar-refractivity contribution is 0.0429. The van der Waals surface area contributed by atoms with Gasteiger partial charge in [-0.25, -0.2) is 14.6 Å². The third-order valence-electron chi connectivity index (χ3n) is 3.86. The topological polar surface area (TPSA) is 68.7 Å². The van der Waals surface area contributed by atoms with Gasteiger partial charge in [0.25, 0.3) is 0 Å². The number of carbonyl (C=O) groups excluding carboxylic acids is 2. The molecule has 0 radical (unpaired) electrons. The average molecular weight is 489 g/mol. The third kappa shape index (κ3) is 10.4. The van der Waals surface area contributed by atoms with E-state index in [1.165, 1.54) is 6.20 Å². The fourth-order valence-electron chi connectivity index (χ4n) is 2.42. The zero-order chi connectivity index (χ0) is 25.8. The predicted molar refractivity (Wildman–Crippen MR) is 142 cm³/mol. The monoisotopic (exact) mass is 488 g/mol. The molecule has 0 saturated heterocycles. The van der Waals surface area contributed by atoms with E-state index in [0.29, 0.717) is 5.56 Å². The first kappa shape index (κ1) is 28.7. The van der Waals surface area contributed by atoms with Gasteiger partial charge in [0.2, 0.25) is 0 Å². The van der Waals surface area contributed by atoms with Crippen molar-refractivity contribution < 1.29 is 19.1 Å². The van der Waals surface area contributed by atoms with Crippen LogP contribution >= 0.6 is 0 Å². The van der Waals surface area contributed by atoms with Crippen LogP contribution in [0.3, 0.4) is 0 Å². The van der Waals surface area contributed by atoms with Crippen LogP contribution in [0.25, 0.3) is 6.08 Å². The molecule has 1 aromatic heterocycles. The van der Waals surface area contributed by atoms with E-state index in [9.17, 15) is 9.59 Å². The van der Waals surface area contributed by atoms with E-state index < -0.39 is 39.5 Å². The van der Waals surface area contributed by atoms with Gasteiger partial charge in [-0.1, -0.05) is 45.2 Å². The summed E-state index contributed by atoms with van der Waals surface area (Å²) in [6, 6.07) is 3.59. The summed E-state index contributed by atoms with van der Waals surface area (Å²) in [4.78, 5) is 31.5. The van der Waals surface area contributed by atoms with E-state index in [-0.39, 0.29) is 5.82 Å². The highest BCUT2D eigenvalue weighted by molar-refractivity contribution is 6.86. The van der Waals surface area contributed by atoms with E-state index in [2.05, 4.69) is 55.7 Å². The van der Waals surface area contributed by atoms with Crippen molar-refractivity contribution in [1.29, 1.82) is 0 Å². The molecule has 0 fully saturated rings. The number of carbonyl (C=O) groups is 2. The molecule has 0 aromatic carbocycles. The number of rotatable bonds is 3. The Labute approximate surface area is 201 Å². The van der Waals surface area contributed by atoms with Crippen LogP contribution in [0.2, 0.25) is 39.3 Å². The van der Waals surface area contributed by atoms with Gasteiger partial charge in [0.05, 0.1) is 8.07 Å². The molecule has 1 heterocycles. The van der Waals surface area contributed by atoms with E-state index in [1.807, 2.05) is 12.1 Å². The second-order valence-corrected chi connectivity index (χ2v) is 21.8. The van der Waals surface area contributed by atoms with Gasteiger partial charge in [-0.2, -0.15) is 4.90 Å². The van der Waals surface area contributed by atoms with Crippen LogP contribution in [0.1, 0.15) is 47.1 Å². The fourth-order valence-corrected chi connectivity index (χ4v) is 4.08. The molecular formula is C25H40N2O4Si2.